The van der Waals surface area contributed by atoms with Crippen molar-refractivity contribution < 1.29 is 14.3 Å². The lowest BCUT2D eigenvalue weighted by molar-refractivity contribution is -0.137. The van der Waals surface area contributed by atoms with E-state index in [4.69, 9.17) is 16.3 Å². The van der Waals surface area contributed by atoms with Crippen LogP contribution in [0.25, 0.3) is 0 Å². The standard InChI is InChI=1S/C18H22ClN3O3/c1-11-6-8-14(9-7-11)10-22-16(19)15(12(2)20-22)18(24)25-13(3)17(23)21(4)5/h6-9,13H,10H2,1-5H3/t13-/m0/s1. The van der Waals surface area contributed by atoms with Crippen LogP contribution in [0, 0.1) is 13.8 Å². The van der Waals surface area contributed by atoms with Crippen LogP contribution in [-0.2, 0) is 16.1 Å². The van der Waals surface area contributed by atoms with E-state index in [1.54, 1.807) is 25.7 Å². The Kier molecular flexibility index (Phi) is 5.85. The van der Waals surface area contributed by atoms with Crippen LogP contribution in [0.2, 0.25) is 5.15 Å². The Labute approximate surface area is 152 Å². The first-order valence-corrected chi connectivity index (χ1v) is 8.29. The van der Waals surface area contributed by atoms with E-state index in [1.807, 2.05) is 31.2 Å². The minimum atomic E-state index is -0.890. The predicted molar refractivity (Wildman–Crippen MR) is 95.8 cm³/mol. The molecule has 0 unspecified atom stereocenters. The molecule has 0 aliphatic rings. The summed E-state index contributed by atoms with van der Waals surface area (Å²) in [5.41, 5.74) is 2.83. The molecule has 1 aromatic heterocycles. The smallest absolute Gasteiger partial charge is 0.343 e. The van der Waals surface area contributed by atoms with Crippen LogP contribution in [0.15, 0.2) is 24.3 Å². The summed E-state index contributed by atoms with van der Waals surface area (Å²) >= 11 is 6.34. The molecule has 0 bridgehead atoms. The molecule has 134 valence electrons. The number of halogens is 1. The number of aryl methyl sites for hydroxylation is 2. The van der Waals surface area contributed by atoms with Crippen molar-refractivity contribution in [1.82, 2.24) is 14.7 Å². The first-order valence-electron chi connectivity index (χ1n) is 7.91. The van der Waals surface area contributed by atoms with E-state index in [0.717, 1.165) is 11.1 Å². The second-order valence-corrected chi connectivity index (χ2v) is 6.53. The molecular formula is C18H22ClN3O3. The maximum Gasteiger partial charge on any atom is 0.343 e. The fourth-order valence-corrected chi connectivity index (χ4v) is 2.70. The first kappa shape index (κ1) is 19.0. The molecule has 2 rings (SSSR count). The zero-order valence-corrected chi connectivity index (χ0v) is 15.8. The van der Waals surface area contributed by atoms with Gasteiger partial charge in [-0.05, 0) is 26.3 Å². The molecular weight excluding hydrogens is 342 g/mol. The lowest BCUT2D eigenvalue weighted by Gasteiger charge is -2.17. The minimum Gasteiger partial charge on any atom is -0.449 e. The van der Waals surface area contributed by atoms with Crippen LogP contribution in [0.5, 0.6) is 0 Å². The molecule has 0 saturated heterocycles. The Balaban J connectivity index is 2.19. The summed E-state index contributed by atoms with van der Waals surface area (Å²) in [6, 6.07) is 7.98. The number of aromatic nitrogens is 2. The zero-order chi connectivity index (χ0) is 18.7. The normalized spacial score (nSPS) is 11.9. The third-order valence-corrected chi connectivity index (χ3v) is 4.18. The van der Waals surface area contributed by atoms with Gasteiger partial charge in [0.1, 0.15) is 10.7 Å². The predicted octanol–water partition coefficient (Wildman–Crippen LogP) is 2.84. The average molecular weight is 364 g/mol. The molecule has 0 N–H and O–H groups in total. The van der Waals surface area contributed by atoms with Crippen LogP contribution in [-0.4, -0.2) is 46.8 Å². The summed E-state index contributed by atoms with van der Waals surface area (Å²) in [5, 5.41) is 4.53. The Morgan fingerprint density at radius 2 is 1.84 bits per heavy atom. The van der Waals surface area contributed by atoms with E-state index in [9.17, 15) is 9.59 Å². The molecule has 1 amide bonds. The molecule has 0 spiro atoms. The second kappa shape index (κ2) is 7.70. The van der Waals surface area contributed by atoms with Crippen molar-refractivity contribution in [3.63, 3.8) is 0 Å². The molecule has 7 heteroatoms. The number of hydrogen-bond donors (Lipinski definition) is 0. The number of hydrogen-bond acceptors (Lipinski definition) is 4. The Morgan fingerprint density at radius 1 is 1.24 bits per heavy atom. The lowest BCUT2D eigenvalue weighted by atomic mass is 10.1. The fraction of sp³-hybridized carbons (Fsp3) is 0.389. The maximum absolute atomic E-state index is 12.4. The first-order chi connectivity index (χ1) is 11.7. The number of nitrogens with zero attached hydrogens (tertiary/aromatic N) is 3. The highest BCUT2D eigenvalue weighted by Crippen LogP contribution is 2.22. The molecule has 6 nitrogen and oxygen atoms in total. The largest absolute Gasteiger partial charge is 0.449 e. The van der Waals surface area contributed by atoms with Gasteiger partial charge >= 0.3 is 5.97 Å². The molecule has 0 aliphatic carbocycles. The van der Waals surface area contributed by atoms with Gasteiger partial charge in [0, 0.05) is 14.1 Å². The Hall–Kier alpha value is -2.34. The third-order valence-electron chi connectivity index (χ3n) is 3.79. The third kappa shape index (κ3) is 4.39. The van der Waals surface area contributed by atoms with Gasteiger partial charge in [0.25, 0.3) is 5.91 Å². The summed E-state index contributed by atoms with van der Waals surface area (Å²) < 4.78 is 6.78. The van der Waals surface area contributed by atoms with Crippen molar-refractivity contribution in [2.24, 2.45) is 0 Å². The Morgan fingerprint density at radius 3 is 2.40 bits per heavy atom. The topological polar surface area (TPSA) is 64.4 Å². The van der Waals surface area contributed by atoms with Gasteiger partial charge < -0.3 is 9.64 Å². The molecule has 0 aliphatic heterocycles. The van der Waals surface area contributed by atoms with E-state index in [1.165, 1.54) is 11.8 Å². The molecule has 0 fully saturated rings. The quantitative estimate of drug-likeness (QED) is 0.766. The SMILES string of the molecule is Cc1ccc(Cn2nc(C)c(C(=O)O[C@@H](C)C(=O)N(C)C)c2Cl)cc1. The highest BCUT2D eigenvalue weighted by molar-refractivity contribution is 6.32. The van der Waals surface area contributed by atoms with Crippen LogP contribution >= 0.6 is 11.6 Å². The summed E-state index contributed by atoms with van der Waals surface area (Å²) in [5.74, 6) is -0.950. The highest BCUT2D eigenvalue weighted by atomic mass is 35.5. The van der Waals surface area contributed by atoms with Crippen molar-refractivity contribution in [1.29, 1.82) is 0 Å². The van der Waals surface area contributed by atoms with Crippen molar-refractivity contribution in [3.05, 3.63) is 51.8 Å². The average Bonchev–Trinajstić information content (AvgIpc) is 2.82. The molecule has 2 aromatic rings. The summed E-state index contributed by atoms with van der Waals surface area (Å²) in [6.45, 7) is 5.67. The number of carbonyl (C=O) groups is 2. The molecule has 0 radical (unpaired) electrons. The zero-order valence-electron chi connectivity index (χ0n) is 15.0. The van der Waals surface area contributed by atoms with Gasteiger partial charge in [-0.3, -0.25) is 4.79 Å². The van der Waals surface area contributed by atoms with E-state index in [2.05, 4.69) is 5.10 Å². The number of ether oxygens (including phenoxy) is 1. The van der Waals surface area contributed by atoms with Crippen molar-refractivity contribution in [2.45, 2.75) is 33.4 Å². The summed E-state index contributed by atoms with van der Waals surface area (Å²) in [7, 11) is 3.20. The van der Waals surface area contributed by atoms with Crippen molar-refractivity contribution in [2.75, 3.05) is 14.1 Å². The number of benzene rings is 1. The molecule has 0 saturated carbocycles. The lowest BCUT2D eigenvalue weighted by Crippen LogP contribution is -2.35. The molecule has 1 atom stereocenters. The van der Waals surface area contributed by atoms with E-state index in [0.29, 0.717) is 12.2 Å². The molecule has 1 aromatic carbocycles. The minimum absolute atomic E-state index is 0.187. The van der Waals surface area contributed by atoms with Gasteiger partial charge in [0.05, 0.1) is 12.2 Å². The van der Waals surface area contributed by atoms with Gasteiger partial charge in [-0.2, -0.15) is 5.10 Å². The maximum atomic E-state index is 12.4. The van der Waals surface area contributed by atoms with Gasteiger partial charge in [-0.1, -0.05) is 41.4 Å². The van der Waals surface area contributed by atoms with Crippen LogP contribution < -0.4 is 0 Å². The number of amides is 1. The molecule has 25 heavy (non-hydrogen) atoms. The van der Waals surface area contributed by atoms with Crippen molar-refractivity contribution >= 4 is 23.5 Å². The number of esters is 1. The monoisotopic (exact) mass is 363 g/mol. The van der Waals surface area contributed by atoms with E-state index < -0.39 is 12.1 Å². The van der Waals surface area contributed by atoms with Crippen LogP contribution in [0.1, 0.15) is 34.1 Å². The summed E-state index contributed by atoms with van der Waals surface area (Å²) in [6.07, 6.45) is -0.890. The van der Waals surface area contributed by atoms with Crippen molar-refractivity contribution in [3.8, 4) is 0 Å². The van der Waals surface area contributed by atoms with Gasteiger partial charge in [-0.25, -0.2) is 9.48 Å². The van der Waals surface area contributed by atoms with Gasteiger partial charge in [-0.15, -0.1) is 0 Å². The van der Waals surface area contributed by atoms with E-state index >= 15 is 0 Å². The number of rotatable bonds is 5. The molecule has 1 heterocycles. The van der Waals surface area contributed by atoms with Gasteiger partial charge in [0.15, 0.2) is 6.10 Å². The highest BCUT2D eigenvalue weighted by Gasteiger charge is 2.26. The van der Waals surface area contributed by atoms with Gasteiger partial charge in [0.2, 0.25) is 0 Å². The van der Waals surface area contributed by atoms with Crippen LogP contribution in [0.3, 0.4) is 0 Å². The van der Waals surface area contributed by atoms with E-state index in [-0.39, 0.29) is 16.6 Å². The number of likely N-dealkylation sites (N-methyl/N-ethyl adjacent to an activating group) is 1. The summed E-state index contributed by atoms with van der Waals surface area (Å²) in [4.78, 5) is 25.6. The second-order valence-electron chi connectivity index (χ2n) is 6.17. The fourth-order valence-electron chi connectivity index (χ4n) is 2.39. The number of carbonyl (C=O) groups excluding carboxylic acids is 2. The van der Waals surface area contributed by atoms with Crippen LogP contribution in [0.4, 0.5) is 0 Å². The Bertz CT molecular complexity index is 782.